The summed E-state index contributed by atoms with van der Waals surface area (Å²) in [5.41, 5.74) is 5.39. The van der Waals surface area contributed by atoms with Crippen molar-refractivity contribution in [2.75, 3.05) is 25.1 Å². The van der Waals surface area contributed by atoms with Crippen LogP contribution in [0.1, 0.15) is 24.8 Å². The molecule has 0 aromatic heterocycles. The van der Waals surface area contributed by atoms with E-state index >= 15 is 0 Å². The lowest BCUT2D eigenvalue weighted by Crippen LogP contribution is -2.29. The summed E-state index contributed by atoms with van der Waals surface area (Å²) in [7, 11) is 1.64. The number of nitrogens with zero attached hydrogens (tertiary/aromatic N) is 1. The van der Waals surface area contributed by atoms with E-state index in [1.165, 1.54) is 48.1 Å². The Morgan fingerprint density at radius 1 is 1.29 bits per heavy atom. The molecule has 1 fully saturated rings. The summed E-state index contributed by atoms with van der Waals surface area (Å²) in [5.74, 6) is 0. The van der Waals surface area contributed by atoms with Gasteiger partial charge in [-0.15, -0.1) is 0 Å². The maximum atomic E-state index is 4.86. The minimum atomic E-state index is 0.732. The number of benzene rings is 1. The standard InChI is InChI=1S/C13H19BrN2O/c1-17-15-10-11-5-6-13(12(14)9-11)16-7-3-2-4-8-16/h5-6,9,15H,2-4,7-8,10H2,1H3. The summed E-state index contributed by atoms with van der Waals surface area (Å²) in [6, 6.07) is 6.51. The molecule has 0 saturated carbocycles. The van der Waals surface area contributed by atoms with Gasteiger partial charge in [-0.3, -0.25) is 0 Å². The minimum Gasteiger partial charge on any atom is -0.371 e. The zero-order valence-corrected chi connectivity index (χ0v) is 11.8. The molecule has 1 heterocycles. The van der Waals surface area contributed by atoms with Gasteiger partial charge in [0, 0.05) is 24.1 Å². The Kier molecular flexibility index (Phi) is 4.83. The first-order chi connectivity index (χ1) is 8.31. The summed E-state index contributed by atoms with van der Waals surface area (Å²) in [5, 5.41) is 0. The molecular formula is C13H19BrN2O. The van der Waals surface area contributed by atoms with Gasteiger partial charge in [-0.1, -0.05) is 6.07 Å². The van der Waals surface area contributed by atoms with Crippen LogP contribution < -0.4 is 10.4 Å². The molecule has 1 aliphatic rings. The third kappa shape index (κ3) is 3.44. The average Bonchev–Trinajstić information content (AvgIpc) is 2.37. The van der Waals surface area contributed by atoms with Gasteiger partial charge in [0.25, 0.3) is 0 Å². The lowest BCUT2D eigenvalue weighted by atomic mass is 10.1. The number of hydroxylamine groups is 1. The quantitative estimate of drug-likeness (QED) is 0.865. The number of halogens is 1. The zero-order chi connectivity index (χ0) is 12.1. The molecule has 1 aromatic rings. The molecule has 1 saturated heterocycles. The number of rotatable bonds is 4. The van der Waals surface area contributed by atoms with Crippen LogP contribution in [-0.2, 0) is 11.4 Å². The second-order valence-corrected chi connectivity index (χ2v) is 5.21. The van der Waals surface area contributed by atoms with Crippen molar-refractivity contribution in [3.05, 3.63) is 28.2 Å². The van der Waals surface area contributed by atoms with E-state index in [1.54, 1.807) is 7.11 Å². The van der Waals surface area contributed by atoms with E-state index in [2.05, 4.69) is 44.5 Å². The Morgan fingerprint density at radius 2 is 2.06 bits per heavy atom. The summed E-state index contributed by atoms with van der Waals surface area (Å²) in [6.07, 6.45) is 3.98. The predicted octanol–water partition coefficient (Wildman–Crippen LogP) is 3.09. The van der Waals surface area contributed by atoms with Crippen LogP contribution in [0.2, 0.25) is 0 Å². The normalized spacial score (nSPS) is 16.2. The maximum Gasteiger partial charge on any atom is 0.0572 e. The number of hydrogen-bond donors (Lipinski definition) is 1. The molecule has 0 unspecified atom stereocenters. The van der Waals surface area contributed by atoms with Crippen LogP contribution in [0.25, 0.3) is 0 Å². The molecule has 1 N–H and O–H groups in total. The van der Waals surface area contributed by atoms with Crippen molar-refractivity contribution in [2.45, 2.75) is 25.8 Å². The summed E-state index contributed by atoms with van der Waals surface area (Å²) >= 11 is 3.66. The zero-order valence-electron chi connectivity index (χ0n) is 10.2. The lowest BCUT2D eigenvalue weighted by Gasteiger charge is -2.29. The first kappa shape index (κ1) is 12.9. The second kappa shape index (κ2) is 6.38. The Hall–Kier alpha value is -0.580. The van der Waals surface area contributed by atoms with E-state index in [-0.39, 0.29) is 0 Å². The van der Waals surface area contributed by atoms with E-state index in [4.69, 9.17) is 4.84 Å². The van der Waals surface area contributed by atoms with Crippen LogP contribution in [-0.4, -0.2) is 20.2 Å². The van der Waals surface area contributed by atoms with Crippen LogP contribution in [0.15, 0.2) is 22.7 Å². The Bertz CT molecular complexity index is 364. The van der Waals surface area contributed by atoms with Crippen molar-refractivity contribution in [3.8, 4) is 0 Å². The van der Waals surface area contributed by atoms with Gasteiger partial charge >= 0.3 is 0 Å². The largest absolute Gasteiger partial charge is 0.371 e. The average molecular weight is 299 g/mol. The highest BCUT2D eigenvalue weighted by Crippen LogP contribution is 2.29. The molecule has 0 spiro atoms. The van der Waals surface area contributed by atoms with E-state index < -0.39 is 0 Å². The van der Waals surface area contributed by atoms with E-state index in [0.717, 1.165) is 6.54 Å². The highest BCUT2D eigenvalue weighted by molar-refractivity contribution is 9.10. The van der Waals surface area contributed by atoms with Crippen molar-refractivity contribution in [1.29, 1.82) is 0 Å². The van der Waals surface area contributed by atoms with Gasteiger partial charge in [-0.05, 0) is 52.9 Å². The number of anilines is 1. The third-order valence-electron chi connectivity index (χ3n) is 3.13. The number of hydrogen-bond acceptors (Lipinski definition) is 3. The molecule has 17 heavy (non-hydrogen) atoms. The van der Waals surface area contributed by atoms with E-state index in [9.17, 15) is 0 Å². The second-order valence-electron chi connectivity index (χ2n) is 4.36. The maximum absolute atomic E-state index is 4.86. The molecule has 94 valence electrons. The van der Waals surface area contributed by atoms with Crippen LogP contribution in [0.4, 0.5) is 5.69 Å². The smallest absolute Gasteiger partial charge is 0.0572 e. The first-order valence-corrected chi connectivity index (χ1v) is 6.90. The molecule has 0 aliphatic carbocycles. The van der Waals surface area contributed by atoms with Gasteiger partial charge in [0.05, 0.1) is 12.8 Å². The van der Waals surface area contributed by atoms with Crippen molar-refractivity contribution in [3.63, 3.8) is 0 Å². The molecular weight excluding hydrogens is 280 g/mol. The Labute approximate surface area is 111 Å². The highest BCUT2D eigenvalue weighted by Gasteiger charge is 2.13. The number of nitrogens with one attached hydrogen (secondary N) is 1. The molecule has 4 heteroatoms. The molecule has 0 amide bonds. The fraction of sp³-hybridized carbons (Fsp3) is 0.538. The van der Waals surface area contributed by atoms with Crippen molar-refractivity contribution in [1.82, 2.24) is 5.48 Å². The van der Waals surface area contributed by atoms with Gasteiger partial charge in [0.1, 0.15) is 0 Å². The van der Waals surface area contributed by atoms with Crippen LogP contribution in [0.5, 0.6) is 0 Å². The molecule has 1 aliphatic heterocycles. The molecule has 0 bridgehead atoms. The van der Waals surface area contributed by atoms with Crippen molar-refractivity contribution >= 4 is 21.6 Å². The minimum absolute atomic E-state index is 0.732. The highest BCUT2D eigenvalue weighted by atomic mass is 79.9. The predicted molar refractivity (Wildman–Crippen MR) is 74.1 cm³/mol. The Morgan fingerprint density at radius 3 is 2.71 bits per heavy atom. The summed E-state index contributed by atoms with van der Waals surface area (Å²) in [4.78, 5) is 7.32. The van der Waals surface area contributed by atoms with Crippen LogP contribution in [0, 0.1) is 0 Å². The molecule has 0 atom stereocenters. The van der Waals surface area contributed by atoms with Crippen molar-refractivity contribution in [2.24, 2.45) is 0 Å². The SMILES string of the molecule is CONCc1ccc(N2CCCCC2)c(Br)c1. The van der Waals surface area contributed by atoms with Gasteiger partial charge in [-0.25, -0.2) is 0 Å². The third-order valence-corrected chi connectivity index (χ3v) is 3.76. The van der Waals surface area contributed by atoms with E-state index in [1.807, 2.05) is 0 Å². The van der Waals surface area contributed by atoms with Crippen LogP contribution in [0.3, 0.4) is 0 Å². The fourth-order valence-electron chi connectivity index (χ4n) is 2.21. The Balaban J connectivity index is 2.07. The molecule has 2 rings (SSSR count). The monoisotopic (exact) mass is 298 g/mol. The summed E-state index contributed by atoms with van der Waals surface area (Å²) in [6.45, 7) is 3.08. The molecule has 0 radical (unpaired) electrons. The lowest BCUT2D eigenvalue weighted by molar-refractivity contribution is 0.0867. The van der Waals surface area contributed by atoms with Gasteiger partial charge in [0.2, 0.25) is 0 Å². The van der Waals surface area contributed by atoms with Gasteiger partial charge in [0.15, 0.2) is 0 Å². The fourth-order valence-corrected chi connectivity index (χ4v) is 2.88. The molecule has 1 aromatic carbocycles. The van der Waals surface area contributed by atoms with Crippen LogP contribution >= 0.6 is 15.9 Å². The van der Waals surface area contributed by atoms with Gasteiger partial charge < -0.3 is 9.74 Å². The number of piperidine rings is 1. The van der Waals surface area contributed by atoms with E-state index in [0.29, 0.717) is 0 Å². The topological polar surface area (TPSA) is 24.5 Å². The van der Waals surface area contributed by atoms with Gasteiger partial charge in [-0.2, -0.15) is 5.48 Å². The van der Waals surface area contributed by atoms with Crippen molar-refractivity contribution < 1.29 is 4.84 Å². The molecule has 3 nitrogen and oxygen atoms in total. The first-order valence-electron chi connectivity index (χ1n) is 6.10. The summed E-state index contributed by atoms with van der Waals surface area (Å²) < 4.78 is 1.18.